The van der Waals surface area contributed by atoms with Crippen molar-refractivity contribution in [1.82, 2.24) is 5.32 Å². The number of hydrogen-bond donors (Lipinski definition) is 3. The zero-order valence-electron chi connectivity index (χ0n) is 9.68. The molecule has 0 aromatic carbocycles. The van der Waals surface area contributed by atoms with Crippen LogP contribution in [-0.2, 0) is 4.79 Å². The smallest absolute Gasteiger partial charge is 0.240 e. The summed E-state index contributed by atoms with van der Waals surface area (Å²) in [6.45, 7) is 8.00. The molecule has 0 aromatic heterocycles. The molecule has 0 atom stereocenters. The highest BCUT2D eigenvalue weighted by Gasteiger charge is 2.30. The quantitative estimate of drug-likeness (QED) is 0.600. The molecule has 0 heterocycles. The number of carbonyl (C=O) groups excluding carboxylic acids is 1. The van der Waals surface area contributed by atoms with Crippen molar-refractivity contribution < 1.29 is 4.79 Å². The zero-order chi connectivity index (χ0) is 11.4. The standard InChI is InChI=1S/C10H23N3O/c1-5-10(12,6-2)8(14)13-7-9(3,4)11/h5-7,11-12H2,1-4H3,(H,13,14). The molecule has 4 nitrogen and oxygen atoms in total. The summed E-state index contributed by atoms with van der Waals surface area (Å²) in [6.07, 6.45) is 1.28. The molecule has 0 saturated carbocycles. The van der Waals surface area contributed by atoms with Gasteiger partial charge in [-0.25, -0.2) is 0 Å². The van der Waals surface area contributed by atoms with Gasteiger partial charge >= 0.3 is 0 Å². The SMILES string of the molecule is CCC(N)(CC)C(=O)NCC(C)(C)N. The molecule has 0 aromatic rings. The number of nitrogens with two attached hydrogens (primary N) is 2. The van der Waals surface area contributed by atoms with Gasteiger partial charge in [0.1, 0.15) is 0 Å². The van der Waals surface area contributed by atoms with E-state index >= 15 is 0 Å². The Morgan fingerprint density at radius 1 is 1.21 bits per heavy atom. The van der Waals surface area contributed by atoms with Crippen LogP contribution in [0.2, 0.25) is 0 Å². The Labute approximate surface area is 86.4 Å². The lowest BCUT2D eigenvalue weighted by atomic mass is 9.93. The third-order valence-electron chi connectivity index (χ3n) is 2.42. The molecule has 84 valence electrons. The fourth-order valence-corrected chi connectivity index (χ4v) is 1.06. The molecule has 0 unspecified atom stereocenters. The average molecular weight is 201 g/mol. The predicted octanol–water partition coefficient (Wildman–Crippen LogP) is 0.357. The zero-order valence-corrected chi connectivity index (χ0v) is 9.68. The van der Waals surface area contributed by atoms with E-state index in [1.54, 1.807) is 0 Å². The van der Waals surface area contributed by atoms with Gasteiger partial charge in [-0.15, -0.1) is 0 Å². The monoisotopic (exact) mass is 201 g/mol. The Hall–Kier alpha value is -0.610. The Balaban J connectivity index is 4.20. The molecule has 4 heteroatoms. The number of hydrogen-bond acceptors (Lipinski definition) is 3. The number of nitrogens with one attached hydrogen (secondary N) is 1. The molecular formula is C10H23N3O. The van der Waals surface area contributed by atoms with E-state index in [1.165, 1.54) is 0 Å². The average Bonchev–Trinajstić information content (AvgIpc) is 2.11. The Bertz CT molecular complexity index is 192. The second kappa shape index (κ2) is 4.75. The summed E-state index contributed by atoms with van der Waals surface area (Å²) in [7, 11) is 0. The molecule has 0 spiro atoms. The van der Waals surface area contributed by atoms with E-state index in [9.17, 15) is 4.79 Å². The van der Waals surface area contributed by atoms with E-state index in [2.05, 4.69) is 5.32 Å². The van der Waals surface area contributed by atoms with Crippen LogP contribution in [0.5, 0.6) is 0 Å². The number of amides is 1. The van der Waals surface area contributed by atoms with Crippen LogP contribution in [0.3, 0.4) is 0 Å². The topological polar surface area (TPSA) is 81.1 Å². The molecular weight excluding hydrogens is 178 g/mol. The van der Waals surface area contributed by atoms with Gasteiger partial charge in [-0.1, -0.05) is 13.8 Å². The lowest BCUT2D eigenvalue weighted by molar-refractivity contribution is -0.126. The molecule has 1 amide bonds. The van der Waals surface area contributed by atoms with Crippen LogP contribution in [0, 0.1) is 0 Å². The molecule has 0 aliphatic rings. The summed E-state index contributed by atoms with van der Waals surface area (Å²) in [5.74, 6) is -0.110. The van der Waals surface area contributed by atoms with Crippen molar-refractivity contribution in [3.63, 3.8) is 0 Å². The Morgan fingerprint density at radius 3 is 1.93 bits per heavy atom. The van der Waals surface area contributed by atoms with E-state index < -0.39 is 11.1 Å². The second-order valence-electron chi connectivity index (χ2n) is 4.53. The van der Waals surface area contributed by atoms with E-state index in [0.717, 1.165) is 0 Å². The first-order chi connectivity index (χ1) is 6.25. The first-order valence-electron chi connectivity index (χ1n) is 5.11. The van der Waals surface area contributed by atoms with E-state index in [4.69, 9.17) is 11.5 Å². The second-order valence-corrected chi connectivity index (χ2v) is 4.53. The molecule has 0 aliphatic heterocycles. The van der Waals surface area contributed by atoms with Crippen LogP contribution >= 0.6 is 0 Å². The lowest BCUT2D eigenvalue weighted by Gasteiger charge is -2.27. The summed E-state index contributed by atoms with van der Waals surface area (Å²) >= 11 is 0. The van der Waals surface area contributed by atoms with Gasteiger partial charge < -0.3 is 16.8 Å². The van der Waals surface area contributed by atoms with Crippen LogP contribution in [0.15, 0.2) is 0 Å². The van der Waals surface area contributed by atoms with Crippen molar-refractivity contribution >= 4 is 5.91 Å². The van der Waals surface area contributed by atoms with Crippen LogP contribution in [-0.4, -0.2) is 23.5 Å². The molecule has 0 bridgehead atoms. The fourth-order valence-electron chi connectivity index (χ4n) is 1.06. The largest absolute Gasteiger partial charge is 0.353 e. The number of carbonyl (C=O) groups is 1. The highest BCUT2D eigenvalue weighted by molar-refractivity contribution is 5.85. The summed E-state index contributed by atoms with van der Waals surface area (Å²) in [6, 6.07) is 0. The van der Waals surface area contributed by atoms with Gasteiger partial charge in [0, 0.05) is 12.1 Å². The van der Waals surface area contributed by atoms with Gasteiger partial charge in [0.25, 0.3) is 0 Å². The van der Waals surface area contributed by atoms with Gasteiger partial charge in [0.05, 0.1) is 5.54 Å². The Morgan fingerprint density at radius 2 is 1.64 bits per heavy atom. The predicted molar refractivity (Wildman–Crippen MR) is 58.8 cm³/mol. The van der Waals surface area contributed by atoms with E-state index in [-0.39, 0.29) is 5.91 Å². The van der Waals surface area contributed by atoms with Gasteiger partial charge in [0.2, 0.25) is 5.91 Å². The van der Waals surface area contributed by atoms with Crippen molar-refractivity contribution in [2.45, 2.75) is 51.6 Å². The lowest BCUT2D eigenvalue weighted by Crippen LogP contribution is -2.56. The first-order valence-corrected chi connectivity index (χ1v) is 5.11. The summed E-state index contributed by atoms with van der Waals surface area (Å²) < 4.78 is 0. The molecule has 0 radical (unpaired) electrons. The molecule has 5 N–H and O–H groups in total. The highest BCUT2D eigenvalue weighted by atomic mass is 16.2. The minimum atomic E-state index is -0.745. The third kappa shape index (κ3) is 4.07. The third-order valence-corrected chi connectivity index (χ3v) is 2.42. The van der Waals surface area contributed by atoms with Crippen LogP contribution in [0.1, 0.15) is 40.5 Å². The summed E-state index contributed by atoms with van der Waals surface area (Å²) in [5.41, 5.74) is 10.5. The maximum absolute atomic E-state index is 11.7. The van der Waals surface area contributed by atoms with Gasteiger partial charge in [0.15, 0.2) is 0 Å². The maximum atomic E-state index is 11.7. The highest BCUT2D eigenvalue weighted by Crippen LogP contribution is 2.11. The summed E-state index contributed by atoms with van der Waals surface area (Å²) in [5, 5.41) is 2.78. The molecule has 0 rings (SSSR count). The van der Waals surface area contributed by atoms with E-state index in [0.29, 0.717) is 19.4 Å². The molecule has 14 heavy (non-hydrogen) atoms. The fraction of sp³-hybridized carbons (Fsp3) is 0.900. The maximum Gasteiger partial charge on any atom is 0.240 e. The number of rotatable bonds is 5. The van der Waals surface area contributed by atoms with Gasteiger partial charge in [-0.2, -0.15) is 0 Å². The minimum absolute atomic E-state index is 0.110. The van der Waals surface area contributed by atoms with Gasteiger partial charge in [-0.3, -0.25) is 4.79 Å². The minimum Gasteiger partial charge on any atom is -0.353 e. The molecule has 0 aliphatic carbocycles. The normalized spacial score (nSPS) is 12.7. The van der Waals surface area contributed by atoms with Crippen LogP contribution in [0.25, 0.3) is 0 Å². The van der Waals surface area contributed by atoms with Crippen molar-refractivity contribution in [3.05, 3.63) is 0 Å². The Kier molecular flexibility index (Phi) is 4.55. The molecule has 0 saturated heterocycles. The summed E-state index contributed by atoms with van der Waals surface area (Å²) in [4.78, 5) is 11.7. The van der Waals surface area contributed by atoms with Crippen molar-refractivity contribution in [3.8, 4) is 0 Å². The van der Waals surface area contributed by atoms with Crippen molar-refractivity contribution in [2.75, 3.05) is 6.54 Å². The van der Waals surface area contributed by atoms with Crippen molar-refractivity contribution in [1.29, 1.82) is 0 Å². The first kappa shape index (κ1) is 13.4. The van der Waals surface area contributed by atoms with Crippen molar-refractivity contribution in [2.24, 2.45) is 11.5 Å². The van der Waals surface area contributed by atoms with Crippen LogP contribution in [0.4, 0.5) is 0 Å². The van der Waals surface area contributed by atoms with E-state index in [1.807, 2.05) is 27.7 Å². The van der Waals surface area contributed by atoms with Gasteiger partial charge in [-0.05, 0) is 26.7 Å². The van der Waals surface area contributed by atoms with Crippen LogP contribution < -0.4 is 16.8 Å². The molecule has 0 fully saturated rings.